The lowest BCUT2D eigenvalue weighted by Crippen LogP contribution is -2.33. The highest BCUT2D eigenvalue weighted by molar-refractivity contribution is 6.09. The van der Waals surface area contributed by atoms with Crippen LogP contribution >= 0.6 is 0 Å². The molecule has 4 aromatic carbocycles. The molecular weight excluding hydrogens is 482 g/mol. The Kier molecular flexibility index (Phi) is 7.99. The van der Waals surface area contributed by atoms with Gasteiger partial charge in [-0.1, -0.05) is 91.9 Å². The van der Waals surface area contributed by atoms with Gasteiger partial charge in [0.1, 0.15) is 5.82 Å². The largest absolute Gasteiger partial charge is 0.309 e. The Hall–Kier alpha value is -4.09. The number of rotatable bonds is 10. The number of Topliss-reactive ketones (excluding diaryl/α,β-unsaturated/α-hetero) is 1. The van der Waals surface area contributed by atoms with Crippen molar-refractivity contribution in [2.45, 2.75) is 32.2 Å². The van der Waals surface area contributed by atoms with Gasteiger partial charge >= 0.3 is 0 Å². The molecule has 0 N–H and O–H groups in total. The second-order valence-electron chi connectivity index (χ2n) is 10.5. The number of hydrogen-bond acceptors (Lipinski definition) is 4. The molecule has 0 amide bonds. The number of nitrogens with zero attached hydrogens (tertiary/aromatic N) is 3. The van der Waals surface area contributed by atoms with Crippen LogP contribution in [0.3, 0.4) is 0 Å². The predicted molar refractivity (Wildman–Crippen MR) is 160 cm³/mol. The zero-order valence-corrected chi connectivity index (χ0v) is 22.9. The van der Waals surface area contributed by atoms with Crippen molar-refractivity contribution in [2.75, 3.05) is 20.6 Å². The van der Waals surface area contributed by atoms with Gasteiger partial charge in [0.2, 0.25) is 0 Å². The van der Waals surface area contributed by atoms with Crippen molar-refractivity contribution >= 4 is 27.5 Å². The summed E-state index contributed by atoms with van der Waals surface area (Å²) in [5.74, 6) is 0.229. The van der Waals surface area contributed by atoms with Crippen LogP contribution < -0.4 is 5.56 Å². The van der Waals surface area contributed by atoms with E-state index in [-0.39, 0.29) is 23.2 Å². The topological polar surface area (TPSA) is 55.2 Å². The van der Waals surface area contributed by atoms with Crippen LogP contribution in [0.25, 0.3) is 21.7 Å². The summed E-state index contributed by atoms with van der Waals surface area (Å²) in [4.78, 5) is 35.5. The van der Waals surface area contributed by atoms with Crippen LogP contribution in [0.4, 0.5) is 0 Å². The fraction of sp³-hybridized carbons (Fsp3) is 0.265. The van der Waals surface area contributed by atoms with E-state index in [1.54, 1.807) is 4.57 Å². The molecule has 1 aromatic heterocycles. The summed E-state index contributed by atoms with van der Waals surface area (Å²) < 4.78 is 1.80. The molecule has 5 nitrogen and oxygen atoms in total. The van der Waals surface area contributed by atoms with Crippen LogP contribution in [0, 0.1) is 5.92 Å². The fourth-order valence-corrected chi connectivity index (χ4v) is 5.59. The van der Waals surface area contributed by atoms with Crippen molar-refractivity contribution in [1.29, 1.82) is 0 Å². The van der Waals surface area contributed by atoms with Gasteiger partial charge in [0.25, 0.3) is 5.56 Å². The van der Waals surface area contributed by atoms with Crippen molar-refractivity contribution < 1.29 is 4.79 Å². The maximum Gasteiger partial charge on any atom is 0.261 e. The zero-order valence-electron chi connectivity index (χ0n) is 22.9. The second-order valence-corrected chi connectivity index (χ2v) is 10.5. The first-order valence-corrected chi connectivity index (χ1v) is 13.7. The van der Waals surface area contributed by atoms with Crippen LogP contribution in [0.1, 0.15) is 47.4 Å². The van der Waals surface area contributed by atoms with E-state index >= 15 is 0 Å². The van der Waals surface area contributed by atoms with Gasteiger partial charge in [-0.2, -0.15) is 0 Å². The minimum absolute atomic E-state index is 0.0677. The van der Waals surface area contributed by atoms with Gasteiger partial charge in [0.05, 0.1) is 17.4 Å². The second kappa shape index (κ2) is 11.7. The average Bonchev–Trinajstić information content (AvgIpc) is 2.96. The van der Waals surface area contributed by atoms with E-state index in [0.29, 0.717) is 36.1 Å². The Morgan fingerprint density at radius 1 is 0.846 bits per heavy atom. The highest BCUT2D eigenvalue weighted by Gasteiger charge is 2.33. The number of carbonyl (C=O) groups is 1. The summed E-state index contributed by atoms with van der Waals surface area (Å²) in [6.45, 7) is 3.26. The zero-order chi connectivity index (χ0) is 27.4. The van der Waals surface area contributed by atoms with Crippen molar-refractivity contribution in [3.63, 3.8) is 0 Å². The average molecular weight is 518 g/mol. The Labute approximate surface area is 229 Å². The lowest BCUT2D eigenvalue weighted by Gasteiger charge is -2.29. The van der Waals surface area contributed by atoms with Gasteiger partial charge in [-0.05, 0) is 62.0 Å². The van der Waals surface area contributed by atoms with E-state index in [1.807, 2.05) is 111 Å². The summed E-state index contributed by atoms with van der Waals surface area (Å²) in [6.07, 6.45) is 1.36. The Morgan fingerprint density at radius 3 is 2.26 bits per heavy atom. The molecule has 5 rings (SSSR count). The first kappa shape index (κ1) is 26.5. The van der Waals surface area contributed by atoms with E-state index in [0.717, 1.165) is 28.4 Å². The number of aromatic nitrogens is 2. The molecule has 0 aliphatic heterocycles. The van der Waals surface area contributed by atoms with Gasteiger partial charge in [0.15, 0.2) is 5.78 Å². The molecule has 0 saturated carbocycles. The standard InChI is InChI=1S/C34H35N3O2/c1-4-26(29(21-22-36(2)3)32(38)28-19-12-16-25-15-8-9-17-27(25)28)33-35-31-20-11-10-18-30(31)34(39)37(33)23-24-13-6-5-7-14-24/h5-20,26,29H,4,21-23H2,1-3H3. The molecule has 0 radical (unpaired) electrons. The summed E-state index contributed by atoms with van der Waals surface area (Å²) in [6, 6.07) is 31.5. The van der Waals surface area contributed by atoms with Crippen LogP contribution in [-0.2, 0) is 6.54 Å². The number of para-hydroxylation sites is 1. The van der Waals surface area contributed by atoms with Crippen LogP contribution in [0.15, 0.2) is 102 Å². The van der Waals surface area contributed by atoms with Crippen molar-refractivity contribution in [2.24, 2.45) is 5.92 Å². The van der Waals surface area contributed by atoms with Crippen molar-refractivity contribution in [3.8, 4) is 0 Å². The van der Waals surface area contributed by atoms with Gasteiger partial charge < -0.3 is 4.90 Å². The lowest BCUT2D eigenvalue weighted by atomic mass is 9.80. The molecule has 0 aliphatic rings. The maximum absolute atomic E-state index is 14.4. The number of fused-ring (bicyclic) bond motifs is 2. The first-order chi connectivity index (χ1) is 19.0. The summed E-state index contributed by atoms with van der Waals surface area (Å²) in [7, 11) is 4.06. The van der Waals surface area contributed by atoms with Crippen LogP contribution in [0.5, 0.6) is 0 Å². The molecule has 5 aromatic rings. The molecule has 2 unspecified atom stereocenters. The lowest BCUT2D eigenvalue weighted by molar-refractivity contribution is 0.0879. The maximum atomic E-state index is 14.4. The Balaban J connectivity index is 1.68. The monoisotopic (exact) mass is 517 g/mol. The third-order valence-corrected chi connectivity index (χ3v) is 7.61. The van der Waals surface area contributed by atoms with Crippen molar-refractivity contribution in [1.82, 2.24) is 14.5 Å². The first-order valence-electron chi connectivity index (χ1n) is 13.7. The predicted octanol–water partition coefficient (Wildman–Crippen LogP) is 6.54. The fourth-order valence-electron chi connectivity index (χ4n) is 5.59. The van der Waals surface area contributed by atoms with E-state index in [2.05, 4.69) is 11.8 Å². The summed E-state index contributed by atoms with van der Waals surface area (Å²) in [5, 5.41) is 2.60. The molecule has 5 heteroatoms. The summed E-state index contributed by atoms with van der Waals surface area (Å²) >= 11 is 0. The summed E-state index contributed by atoms with van der Waals surface area (Å²) in [5.41, 5.74) is 2.36. The number of ketones is 1. The molecule has 0 fully saturated rings. The van der Waals surface area contributed by atoms with Gasteiger partial charge in [0, 0.05) is 17.4 Å². The molecule has 0 bridgehead atoms. The molecular formula is C34H35N3O2. The minimum atomic E-state index is -0.335. The molecule has 1 heterocycles. The van der Waals surface area contributed by atoms with Gasteiger partial charge in [-0.3, -0.25) is 14.2 Å². The molecule has 2 atom stereocenters. The highest BCUT2D eigenvalue weighted by Crippen LogP contribution is 2.34. The van der Waals surface area contributed by atoms with Crippen LogP contribution in [0.2, 0.25) is 0 Å². The Morgan fingerprint density at radius 2 is 1.51 bits per heavy atom. The SMILES string of the molecule is CCC(c1nc2ccccc2c(=O)n1Cc1ccccc1)C(CCN(C)C)C(=O)c1cccc2ccccc12. The molecule has 0 spiro atoms. The van der Waals surface area contributed by atoms with E-state index in [9.17, 15) is 9.59 Å². The molecule has 198 valence electrons. The van der Waals surface area contributed by atoms with Crippen LogP contribution in [-0.4, -0.2) is 40.9 Å². The van der Waals surface area contributed by atoms with E-state index in [1.165, 1.54) is 0 Å². The Bertz CT molecular complexity index is 1650. The molecule has 39 heavy (non-hydrogen) atoms. The van der Waals surface area contributed by atoms with E-state index < -0.39 is 0 Å². The smallest absolute Gasteiger partial charge is 0.261 e. The molecule has 0 aliphatic carbocycles. The highest BCUT2D eigenvalue weighted by atomic mass is 16.1. The third-order valence-electron chi connectivity index (χ3n) is 7.61. The van der Waals surface area contributed by atoms with E-state index in [4.69, 9.17) is 4.98 Å². The normalized spacial score (nSPS) is 13.1. The quantitative estimate of drug-likeness (QED) is 0.197. The van der Waals surface area contributed by atoms with Gasteiger partial charge in [-0.25, -0.2) is 4.98 Å². The number of hydrogen-bond donors (Lipinski definition) is 0. The minimum Gasteiger partial charge on any atom is -0.309 e. The number of benzene rings is 4. The third kappa shape index (κ3) is 5.55. The number of carbonyl (C=O) groups excluding carboxylic acids is 1. The van der Waals surface area contributed by atoms with Crippen molar-refractivity contribution in [3.05, 3.63) is 124 Å². The molecule has 0 saturated heterocycles. The van der Waals surface area contributed by atoms with Gasteiger partial charge in [-0.15, -0.1) is 0 Å².